The maximum Gasteiger partial charge on any atom is 0.417 e. The summed E-state index contributed by atoms with van der Waals surface area (Å²) in [7, 11) is 0. The molecule has 88 valence electrons. The number of hydrogen-bond donors (Lipinski definition) is 1. The topological polar surface area (TPSA) is 37.3 Å². The van der Waals surface area contributed by atoms with Gasteiger partial charge in [0.15, 0.2) is 0 Å². The molecule has 0 aliphatic carbocycles. The van der Waals surface area contributed by atoms with Gasteiger partial charge in [-0.2, -0.15) is 13.2 Å². The van der Waals surface area contributed by atoms with Crippen LogP contribution in [0, 0.1) is 0 Å². The normalized spacial score (nSPS) is 11.7. The number of halogens is 3. The number of benzene rings is 2. The zero-order chi connectivity index (χ0) is 12.6. The van der Waals surface area contributed by atoms with Crippen molar-refractivity contribution in [2.45, 2.75) is 6.18 Å². The highest BCUT2D eigenvalue weighted by molar-refractivity contribution is 5.95. The van der Waals surface area contributed by atoms with E-state index in [1.807, 2.05) is 0 Å². The summed E-state index contributed by atoms with van der Waals surface area (Å²) in [6.45, 7) is 0. The third-order valence-electron chi connectivity index (χ3n) is 2.43. The molecule has 0 atom stereocenters. The highest BCUT2D eigenvalue weighted by Crippen LogP contribution is 2.34. The van der Waals surface area contributed by atoms with E-state index >= 15 is 0 Å². The van der Waals surface area contributed by atoms with Crippen LogP contribution in [-0.2, 0) is 6.18 Å². The van der Waals surface area contributed by atoms with Crippen LogP contribution in [0.25, 0.3) is 10.8 Å². The lowest BCUT2D eigenvalue weighted by Gasteiger charge is -2.10. The van der Waals surface area contributed by atoms with E-state index in [1.165, 1.54) is 30.3 Å². The predicted molar refractivity (Wildman–Crippen MR) is 55.9 cm³/mol. The highest BCUT2D eigenvalue weighted by Gasteiger charge is 2.32. The molecule has 0 spiro atoms. The van der Waals surface area contributed by atoms with Crippen LogP contribution in [0.4, 0.5) is 13.2 Å². The lowest BCUT2D eigenvalue weighted by molar-refractivity contribution is -0.136. The predicted octanol–water partition coefficient (Wildman–Crippen LogP) is 3.56. The van der Waals surface area contributed by atoms with Gasteiger partial charge in [0.1, 0.15) is 0 Å². The van der Waals surface area contributed by atoms with Gasteiger partial charge in [-0.25, -0.2) is 4.79 Å². The minimum atomic E-state index is -4.44. The smallest absolute Gasteiger partial charge is 0.417 e. The van der Waals surface area contributed by atoms with Crippen LogP contribution in [0.3, 0.4) is 0 Å². The average Bonchev–Trinajstić information content (AvgIpc) is 2.26. The van der Waals surface area contributed by atoms with E-state index in [1.54, 1.807) is 0 Å². The Balaban J connectivity index is 2.72. The van der Waals surface area contributed by atoms with E-state index in [0.29, 0.717) is 0 Å². The fraction of sp³-hybridized carbons (Fsp3) is 0.0833. The molecule has 0 saturated carbocycles. The van der Waals surface area contributed by atoms with Crippen molar-refractivity contribution in [3.05, 3.63) is 47.5 Å². The summed E-state index contributed by atoms with van der Waals surface area (Å²) in [5.41, 5.74) is -0.788. The molecular formula is C12H7F3O2. The zero-order valence-electron chi connectivity index (χ0n) is 8.45. The van der Waals surface area contributed by atoms with Gasteiger partial charge in [0.25, 0.3) is 0 Å². The van der Waals surface area contributed by atoms with Gasteiger partial charge >= 0.3 is 12.1 Å². The molecule has 0 aliphatic heterocycles. The summed E-state index contributed by atoms with van der Waals surface area (Å²) in [6, 6.07) is 7.27. The fourth-order valence-electron chi connectivity index (χ4n) is 1.66. The summed E-state index contributed by atoms with van der Waals surface area (Å²) in [5, 5.41) is 9.02. The van der Waals surface area contributed by atoms with Crippen molar-refractivity contribution in [3.8, 4) is 0 Å². The third-order valence-corrected chi connectivity index (χ3v) is 2.43. The van der Waals surface area contributed by atoms with Gasteiger partial charge in [-0.1, -0.05) is 18.2 Å². The van der Waals surface area contributed by atoms with Crippen LogP contribution in [0.2, 0.25) is 0 Å². The molecule has 2 nitrogen and oxygen atoms in total. The van der Waals surface area contributed by atoms with Gasteiger partial charge in [-0.3, -0.25) is 0 Å². The molecule has 0 radical (unpaired) electrons. The first kappa shape index (κ1) is 11.4. The standard InChI is InChI=1S/C12H7F3O2/c13-12(14,15)10-3-1-2-7-6-8(11(16)17)4-5-9(7)10/h1-6H,(H,16,17). The van der Waals surface area contributed by atoms with Gasteiger partial charge in [-0.15, -0.1) is 0 Å². The Hall–Kier alpha value is -2.04. The third kappa shape index (κ3) is 2.08. The van der Waals surface area contributed by atoms with Crippen molar-refractivity contribution < 1.29 is 23.1 Å². The Morgan fingerprint density at radius 3 is 2.41 bits per heavy atom. The van der Waals surface area contributed by atoms with E-state index in [9.17, 15) is 18.0 Å². The number of carboxylic acid groups (broad SMARTS) is 1. The molecular weight excluding hydrogens is 233 g/mol. The number of carboxylic acids is 1. The molecule has 2 aromatic rings. The molecule has 1 N–H and O–H groups in total. The van der Waals surface area contributed by atoms with Crippen molar-refractivity contribution in [1.82, 2.24) is 0 Å². The molecule has 17 heavy (non-hydrogen) atoms. The summed E-state index contributed by atoms with van der Waals surface area (Å²) in [5.74, 6) is -1.16. The van der Waals surface area contributed by atoms with Gasteiger partial charge in [0, 0.05) is 0 Å². The quantitative estimate of drug-likeness (QED) is 0.827. The average molecular weight is 240 g/mol. The minimum Gasteiger partial charge on any atom is -0.478 e. The Labute approximate surface area is 94.3 Å². The molecule has 0 saturated heterocycles. The largest absolute Gasteiger partial charge is 0.478 e. The summed E-state index contributed by atoms with van der Waals surface area (Å²) >= 11 is 0. The van der Waals surface area contributed by atoms with Crippen molar-refractivity contribution >= 4 is 16.7 Å². The number of aromatic carboxylic acids is 1. The zero-order valence-corrected chi connectivity index (χ0v) is 8.45. The first-order valence-electron chi connectivity index (χ1n) is 4.73. The number of rotatable bonds is 1. The van der Waals surface area contributed by atoms with Crippen LogP contribution in [0.1, 0.15) is 15.9 Å². The molecule has 5 heteroatoms. The molecule has 0 fully saturated rings. The van der Waals surface area contributed by atoms with E-state index in [0.717, 1.165) is 6.07 Å². The van der Waals surface area contributed by atoms with Crippen LogP contribution >= 0.6 is 0 Å². The molecule has 0 amide bonds. The Kier molecular flexibility index (Phi) is 2.53. The lowest BCUT2D eigenvalue weighted by atomic mass is 10.0. The van der Waals surface area contributed by atoms with Crippen LogP contribution in [0.5, 0.6) is 0 Å². The number of alkyl halides is 3. The van der Waals surface area contributed by atoms with E-state index in [-0.39, 0.29) is 16.3 Å². The van der Waals surface area contributed by atoms with Gasteiger partial charge in [0.2, 0.25) is 0 Å². The maximum atomic E-state index is 12.7. The number of carbonyl (C=O) groups is 1. The van der Waals surface area contributed by atoms with Crippen molar-refractivity contribution in [1.29, 1.82) is 0 Å². The summed E-state index contributed by atoms with van der Waals surface area (Å²) < 4.78 is 38.0. The first-order valence-corrected chi connectivity index (χ1v) is 4.73. The molecule has 2 aromatic carbocycles. The van der Waals surface area contributed by atoms with Gasteiger partial charge in [0.05, 0.1) is 11.1 Å². The number of fused-ring (bicyclic) bond motifs is 1. The Morgan fingerprint density at radius 2 is 1.82 bits per heavy atom. The molecule has 0 aliphatic rings. The van der Waals surface area contributed by atoms with Crippen molar-refractivity contribution in [3.63, 3.8) is 0 Å². The van der Waals surface area contributed by atoms with Crippen LogP contribution < -0.4 is 0 Å². The lowest BCUT2D eigenvalue weighted by Crippen LogP contribution is -2.06. The van der Waals surface area contributed by atoms with E-state index in [4.69, 9.17) is 5.11 Å². The molecule has 0 aromatic heterocycles. The second-order valence-electron chi connectivity index (χ2n) is 3.54. The molecule has 0 unspecified atom stereocenters. The van der Waals surface area contributed by atoms with Crippen LogP contribution in [-0.4, -0.2) is 11.1 Å². The van der Waals surface area contributed by atoms with Crippen molar-refractivity contribution in [2.24, 2.45) is 0 Å². The Morgan fingerprint density at radius 1 is 1.12 bits per heavy atom. The monoisotopic (exact) mass is 240 g/mol. The minimum absolute atomic E-state index is 0.00463. The molecule has 0 heterocycles. The van der Waals surface area contributed by atoms with Crippen molar-refractivity contribution in [2.75, 3.05) is 0 Å². The summed E-state index contributed by atoms with van der Waals surface area (Å²) in [4.78, 5) is 10.7. The fourth-order valence-corrected chi connectivity index (χ4v) is 1.66. The first-order chi connectivity index (χ1) is 7.89. The van der Waals surface area contributed by atoms with E-state index in [2.05, 4.69) is 0 Å². The van der Waals surface area contributed by atoms with E-state index < -0.39 is 17.7 Å². The van der Waals surface area contributed by atoms with Gasteiger partial charge < -0.3 is 5.11 Å². The number of hydrogen-bond acceptors (Lipinski definition) is 1. The second-order valence-corrected chi connectivity index (χ2v) is 3.54. The maximum absolute atomic E-state index is 12.7. The Bertz CT molecular complexity index is 588. The summed E-state index contributed by atoms with van der Waals surface area (Å²) in [6.07, 6.45) is -4.44. The SMILES string of the molecule is O=C(O)c1ccc2c(C(F)(F)F)cccc2c1. The van der Waals surface area contributed by atoms with Crippen LogP contribution in [0.15, 0.2) is 36.4 Å². The highest BCUT2D eigenvalue weighted by atomic mass is 19.4. The second kappa shape index (κ2) is 3.76. The van der Waals surface area contributed by atoms with Gasteiger partial charge in [-0.05, 0) is 29.0 Å². The molecule has 2 rings (SSSR count). The molecule has 0 bridgehead atoms.